The van der Waals surface area contributed by atoms with Crippen LogP contribution in [0.2, 0.25) is 0 Å². The molecule has 0 spiro atoms. The van der Waals surface area contributed by atoms with Crippen molar-refractivity contribution in [2.24, 2.45) is 29.6 Å². The van der Waals surface area contributed by atoms with Gasteiger partial charge in [0.1, 0.15) is 0 Å². The molecule has 4 rings (SSSR count). The van der Waals surface area contributed by atoms with Gasteiger partial charge in [-0.05, 0) is 53.7 Å². The Labute approximate surface area is 158 Å². The molecule has 0 N–H and O–H groups in total. The first-order chi connectivity index (χ1) is 12.8. The lowest BCUT2D eigenvalue weighted by atomic mass is 9.78. The summed E-state index contributed by atoms with van der Waals surface area (Å²) in [4.78, 5) is 13.3. The van der Waals surface area contributed by atoms with Crippen LogP contribution in [0.3, 0.4) is 0 Å². The van der Waals surface area contributed by atoms with E-state index < -0.39 is 0 Å². The van der Waals surface area contributed by atoms with Crippen LogP contribution in [0.5, 0.6) is 0 Å². The van der Waals surface area contributed by atoms with E-state index in [1.807, 2.05) is 6.07 Å². The SMILES string of the molecule is CCCCCCCCC1/C(=C\c2ccccc2)C(=O)C2C3C=CC(C3)C12. The van der Waals surface area contributed by atoms with E-state index in [2.05, 4.69) is 49.4 Å². The number of carbonyl (C=O) groups is 1. The van der Waals surface area contributed by atoms with Crippen LogP contribution < -0.4 is 0 Å². The Hall–Kier alpha value is -1.63. The summed E-state index contributed by atoms with van der Waals surface area (Å²) in [5.74, 6) is 2.99. The number of allylic oxidation sites excluding steroid dienone is 3. The molecule has 1 nitrogen and oxygen atoms in total. The average molecular weight is 349 g/mol. The van der Waals surface area contributed by atoms with Gasteiger partial charge >= 0.3 is 0 Å². The fourth-order valence-electron chi connectivity index (χ4n) is 5.76. The molecule has 138 valence electrons. The highest BCUT2D eigenvalue weighted by Crippen LogP contribution is 2.59. The molecular formula is C25H32O. The van der Waals surface area contributed by atoms with Crippen molar-refractivity contribution in [2.45, 2.75) is 58.3 Å². The van der Waals surface area contributed by atoms with Gasteiger partial charge in [-0.1, -0.05) is 87.9 Å². The second kappa shape index (κ2) is 7.94. The number of unbranched alkanes of at least 4 members (excludes halogenated alkanes) is 5. The molecule has 5 unspecified atom stereocenters. The lowest BCUT2D eigenvalue weighted by Crippen LogP contribution is -2.21. The molecule has 3 aliphatic carbocycles. The molecule has 1 aromatic carbocycles. The molecule has 2 saturated carbocycles. The van der Waals surface area contributed by atoms with Crippen molar-refractivity contribution in [2.75, 3.05) is 0 Å². The van der Waals surface area contributed by atoms with Gasteiger partial charge in [-0.2, -0.15) is 0 Å². The zero-order valence-corrected chi connectivity index (χ0v) is 16.1. The third kappa shape index (κ3) is 3.33. The number of benzene rings is 1. The maximum atomic E-state index is 13.3. The van der Waals surface area contributed by atoms with E-state index in [-0.39, 0.29) is 5.92 Å². The number of hydrogen-bond acceptors (Lipinski definition) is 1. The average Bonchev–Trinajstić information content (AvgIpc) is 3.34. The summed E-state index contributed by atoms with van der Waals surface area (Å²) < 4.78 is 0. The van der Waals surface area contributed by atoms with E-state index >= 15 is 0 Å². The first-order valence-electron chi connectivity index (χ1n) is 10.8. The number of hydrogen-bond donors (Lipinski definition) is 0. The normalized spacial score (nSPS) is 33.3. The van der Waals surface area contributed by atoms with E-state index in [1.165, 1.54) is 56.9 Å². The van der Waals surface area contributed by atoms with Gasteiger partial charge in [0.15, 0.2) is 5.78 Å². The van der Waals surface area contributed by atoms with Crippen LogP contribution in [0.1, 0.15) is 63.9 Å². The van der Waals surface area contributed by atoms with Crippen LogP contribution in [0.25, 0.3) is 6.08 Å². The lowest BCUT2D eigenvalue weighted by molar-refractivity contribution is -0.118. The zero-order chi connectivity index (χ0) is 17.9. The van der Waals surface area contributed by atoms with Crippen molar-refractivity contribution >= 4 is 11.9 Å². The first kappa shape index (κ1) is 17.8. The fourth-order valence-corrected chi connectivity index (χ4v) is 5.76. The van der Waals surface area contributed by atoms with E-state index in [4.69, 9.17) is 0 Å². The van der Waals surface area contributed by atoms with E-state index in [0.29, 0.717) is 29.5 Å². The molecule has 0 aromatic heterocycles. The van der Waals surface area contributed by atoms with E-state index in [9.17, 15) is 4.79 Å². The molecule has 3 aliphatic rings. The number of rotatable bonds is 8. The molecule has 0 aliphatic heterocycles. The minimum Gasteiger partial charge on any atom is -0.294 e. The van der Waals surface area contributed by atoms with Gasteiger partial charge in [-0.3, -0.25) is 4.79 Å². The molecular weight excluding hydrogens is 316 g/mol. The third-order valence-corrected chi connectivity index (χ3v) is 6.96. The molecule has 5 atom stereocenters. The topological polar surface area (TPSA) is 17.1 Å². The number of Topliss-reactive ketones (excluding diaryl/α,β-unsaturated/α-hetero) is 1. The Morgan fingerprint density at radius 1 is 0.962 bits per heavy atom. The molecule has 1 aromatic rings. The van der Waals surface area contributed by atoms with Gasteiger partial charge in [-0.15, -0.1) is 0 Å². The monoisotopic (exact) mass is 348 g/mol. The lowest BCUT2D eigenvalue weighted by Gasteiger charge is -2.25. The molecule has 1 heteroatoms. The molecule has 26 heavy (non-hydrogen) atoms. The van der Waals surface area contributed by atoms with Crippen molar-refractivity contribution in [3.8, 4) is 0 Å². The summed E-state index contributed by atoms with van der Waals surface area (Å²) in [6.07, 6.45) is 17.4. The van der Waals surface area contributed by atoms with E-state index in [1.54, 1.807) is 0 Å². The molecule has 0 saturated heterocycles. The number of ketones is 1. The van der Waals surface area contributed by atoms with Crippen molar-refractivity contribution in [1.29, 1.82) is 0 Å². The summed E-state index contributed by atoms with van der Waals surface area (Å²) in [6, 6.07) is 10.4. The minimum atomic E-state index is 0.282. The Bertz CT molecular complexity index is 683. The molecule has 0 radical (unpaired) electrons. The minimum absolute atomic E-state index is 0.282. The van der Waals surface area contributed by atoms with Crippen LogP contribution in [-0.4, -0.2) is 5.78 Å². The highest BCUT2D eigenvalue weighted by molar-refractivity contribution is 6.05. The molecule has 2 fully saturated rings. The summed E-state index contributed by atoms with van der Waals surface area (Å²) in [5.41, 5.74) is 2.32. The fraction of sp³-hybridized carbons (Fsp3) is 0.560. The zero-order valence-electron chi connectivity index (χ0n) is 16.1. The summed E-state index contributed by atoms with van der Waals surface area (Å²) in [7, 11) is 0. The van der Waals surface area contributed by atoms with Crippen LogP contribution >= 0.6 is 0 Å². The third-order valence-electron chi connectivity index (χ3n) is 6.96. The number of carbonyl (C=O) groups excluding carboxylic acids is 1. The van der Waals surface area contributed by atoms with Crippen LogP contribution in [-0.2, 0) is 4.79 Å². The highest BCUT2D eigenvalue weighted by Gasteiger charge is 2.57. The van der Waals surface area contributed by atoms with Gasteiger partial charge in [0.2, 0.25) is 0 Å². The summed E-state index contributed by atoms with van der Waals surface area (Å²) in [6.45, 7) is 2.27. The van der Waals surface area contributed by atoms with Crippen LogP contribution in [0.4, 0.5) is 0 Å². The Morgan fingerprint density at radius 2 is 1.69 bits per heavy atom. The Morgan fingerprint density at radius 3 is 2.50 bits per heavy atom. The van der Waals surface area contributed by atoms with Crippen molar-refractivity contribution in [3.05, 3.63) is 53.6 Å². The predicted molar refractivity (Wildman–Crippen MR) is 109 cm³/mol. The predicted octanol–water partition coefficient (Wildman–Crippen LogP) is 6.46. The van der Waals surface area contributed by atoms with Crippen molar-refractivity contribution in [3.63, 3.8) is 0 Å². The summed E-state index contributed by atoms with van der Waals surface area (Å²) >= 11 is 0. The smallest absolute Gasteiger partial charge is 0.163 e. The Balaban J connectivity index is 1.50. The Kier molecular flexibility index (Phi) is 5.43. The first-order valence-corrected chi connectivity index (χ1v) is 10.8. The molecule has 0 heterocycles. The van der Waals surface area contributed by atoms with Gasteiger partial charge in [0, 0.05) is 5.92 Å². The van der Waals surface area contributed by atoms with Gasteiger partial charge in [0.25, 0.3) is 0 Å². The maximum Gasteiger partial charge on any atom is 0.163 e. The highest BCUT2D eigenvalue weighted by atomic mass is 16.1. The van der Waals surface area contributed by atoms with Gasteiger partial charge in [-0.25, -0.2) is 0 Å². The van der Waals surface area contributed by atoms with Gasteiger partial charge in [0.05, 0.1) is 0 Å². The van der Waals surface area contributed by atoms with Gasteiger partial charge < -0.3 is 0 Å². The van der Waals surface area contributed by atoms with E-state index in [0.717, 1.165) is 5.57 Å². The van der Waals surface area contributed by atoms with Crippen molar-refractivity contribution < 1.29 is 4.79 Å². The largest absolute Gasteiger partial charge is 0.294 e. The second-order valence-corrected chi connectivity index (χ2v) is 8.59. The van der Waals surface area contributed by atoms with Crippen LogP contribution in [0, 0.1) is 29.6 Å². The summed E-state index contributed by atoms with van der Waals surface area (Å²) in [5, 5.41) is 0. The van der Waals surface area contributed by atoms with Crippen molar-refractivity contribution in [1.82, 2.24) is 0 Å². The maximum absolute atomic E-state index is 13.3. The molecule has 2 bridgehead atoms. The molecule has 0 amide bonds. The quantitative estimate of drug-likeness (QED) is 0.299. The van der Waals surface area contributed by atoms with Crippen LogP contribution in [0.15, 0.2) is 48.1 Å². The standard InChI is InChI=1S/C25H32O/c1-2-3-4-5-6-10-13-21-22(16-18-11-8-7-9-12-18)25(26)24-20-15-14-19(17-20)23(21)24/h7-9,11-12,14-16,19-21,23-24H,2-6,10,13,17H2,1H3/b22-16+. The number of fused-ring (bicyclic) bond motifs is 5. The second-order valence-electron chi connectivity index (χ2n) is 8.59.